The summed E-state index contributed by atoms with van der Waals surface area (Å²) < 4.78 is 28.9. The topological polar surface area (TPSA) is 116 Å². The van der Waals surface area contributed by atoms with E-state index >= 15 is 0 Å². The Morgan fingerprint density at radius 1 is 1.17 bits per heavy atom. The minimum absolute atomic E-state index is 0.0223. The van der Waals surface area contributed by atoms with Gasteiger partial charge in [-0.25, -0.2) is 8.78 Å². The highest BCUT2D eigenvalue weighted by Crippen LogP contribution is 2.41. The van der Waals surface area contributed by atoms with E-state index in [-0.39, 0.29) is 36.0 Å². The van der Waals surface area contributed by atoms with Gasteiger partial charge in [0.1, 0.15) is 5.84 Å². The lowest BCUT2D eigenvalue weighted by atomic mass is 9.86. The number of nitrogens with zero attached hydrogens (tertiary/aromatic N) is 5. The number of rotatable bonds is 8. The standard InChI is InChI=1S/C29H41F2N7O3/c1-18(39)36-11-7-25-24(16-36)29(34-38(25)21-5-9-35(10-6-21)17-27(40)41)37-8-3-4-19-12-22(20(14-32)15-33-2)23(28(30)31)13-26(19)37/h12-14,20-21,24-25,28,32-33H,3-11,15-17H2,1-2H3,(H,40,41). The highest BCUT2D eigenvalue weighted by Gasteiger charge is 2.47. The van der Waals surface area contributed by atoms with Gasteiger partial charge in [-0.05, 0) is 56.3 Å². The molecule has 0 bridgehead atoms. The van der Waals surface area contributed by atoms with E-state index in [1.165, 1.54) is 6.21 Å². The van der Waals surface area contributed by atoms with Gasteiger partial charge in [-0.1, -0.05) is 6.07 Å². The van der Waals surface area contributed by atoms with E-state index in [1.807, 2.05) is 15.9 Å². The smallest absolute Gasteiger partial charge is 0.317 e. The van der Waals surface area contributed by atoms with Crippen LogP contribution in [-0.4, -0.2) is 109 Å². The maximum absolute atomic E-state index is 14.4. The number of likely N-dealkylation sites (N-methyl/N-ethyl adjacent to an activating group) is 1. The summed E-state index contributed by atoms with van der Waals surface area (Å²) in [6.07, 6.45) is 2.55. The van der Waals surface area contributed by atoms with Crippen LogP contribution in [0.3, 0.4) is 0 Å². The lowest BCUT2D eigenvalue weighted by molar-refractivity contribution is -0.139. The van der Waals surface area contributed by atoms with Crippen molar-refractivity contribution >= 4 is 29.6 Å². The zero-order chi connectivity index (χ0) is 29.3. The third-order valence-electron chi connectivity index (χ3n) is 9.14. The Hall–Kier alpha value is -3.12. The average Bonchev–Trinajstić information content (AvgIpc) is 3.33. The number of aryl methyl sites for hydroxylation is 1. The van der Waals surface area contributed by atoms with Gasteiger partial charge in [0.25, 0.3) is 6.43 Å². The molecular formula is C29H41F2N7O3. The number of piperidine rings is 2. The largest absolute Gasteiger partial charge is 0.480 e. The summed E-state index contributed by atoms with van der Waals surface area (Å²) in [7, 11) is 1.75. The summed E-state index contributed by atoms with van der Waals surface area (Å²) in [5.74, 6) is -0.447. The highest BCUT2D eigenvalue weighted by molar-refractivity contribution is 6.02. The van der Waals surface area contributed by atoms with E-state index in [4.69, 9.17) is 10.5 Å². The van der Waals surface area contributed by atoms with Crippen molar-refractivity contribution in [2.45, 2.75) is 63.5 Å². The summed E-state index contributed by atoms with van der Waals surface area (Å²) in [5, 5.41) is 27.5. The molecule has 3 unspecified atom stereocenters. The van der Waals surface area contributed by atoms with Crippen LogP contribution in [0.15, 0.2) is 17.2 Å². The monoisotopic (exact) mass is 573 g/mol. The van der Waals surface area contributed by atoms with E-state index in [0.717, 1.165) is 49.2 Å². The van der Waals surface area contributed by atoms with Crippen LogP contribution in [0, 0.1) is 11.3 Å². The van der Waals surface area contributed by atoms with Gasteiger partial charge in [0.2, 0.25) is 5.91 Å². The predicted octanol–water partition coefficient (Wildman–Crippen LogP) is 2.74. The number of hydrogen-bond donors (Lipinski definition) is 3. The maximum Gasteiger partial charge on any atom is 0.317 e. The summed E-state index contributed by atoms with van der Waals surface area (Å²) >= 11 is 0. The molecule has 4 heterocycles. The second-order valence-electron chi connectivity index (χ2n) is 11.7. The Morgan fingerprint density at radius 3 is 2.56 bits per heavy atom. The van der Waals surface area contributed by atoms with Gasteiger partial charge < -0.3 is 25.6 Å². The number of benzene rings is 1. The zero-order valence-electron chi connectivity index (χ0n) is 23.9. The Balaban J connectivity index is 1.49. The van der Waals surface area contributed by atoms with Crippen LogP contribution < -0.4 is 10.2 Å². The number of carboxylic acids is 1. The van der Waals surface area contributed by atoms with Crippen molar-refractivity contribution in [3.8, 4) is 0 Å². The Bertz CT molecular complexity index is 1190. The molecule has 1 aromatic rings. The van der Waals surface area contributed by atoms with Gasteiger partial charge >= 0.3 is 5.97 Å². The molecule has 0 radical (unpaired) electrons. The molecule has 0 saturated carbocycles. The number of carbonyl (C=O) groups excluding carboxylic acids is 1. The average molecular weight is 574 g/mol. The number of fused-ring (bicyclic) bond motifs is 2. The van der Waals surface area contributed by atoms with E-state index in [2.05, 4.69) is 15.2 Å². The molecule has 41 heavy (non-hydrogen) atoms. The summed E-state index contributed by atoms with van der Waals surface area (Å²) in [4.78, 5) is 29.5. The normalized spacial score (nSPS) is 24.2. The number of halogens is 2. The van der Waals surface area contributed by atoms with Crippen molar-refractivity contribution in [2.24, 2.45) is 11.0 Å². The quantitative estimate of drug-likeness (QED) is 0.410. The predicted molar refractivity (Wildman–Crippen MR) is 153 cm³/mol. The van der Waals surface area contributed by atoms with E-state index in [0.29, 0.717) is 44.8 Å². The minimum atomic E-state index is -2.67. The number of amidine groups is 1. The number of anilines is 1. The minimum Gasteiger partial charge on any atom is -0.480 e. The van der Waals surface area contributed by atoms with Gasteiger partial charge in [-0.15, -0.1) is 0 Å². The van der Waals surface area contributed by atoms with Gasteiger partial charge in [0, 0.05) is 75.6 Å². The number of hydrogen-bond acceptors (Lipinski definition) is 8. The second-order valence-corrected chi connectivity index (χ2v) is 11.7. The molecule has 5 rings (SSSR count). The SMILES string of the molecule is CNCC(C=N)c1cc2c(cc1C(F)F)N(C1=NN(C3CCN(CC(=O)O)CC3)C3CCN(C(C)=O)CC13)CCC2. The van der Waals surface area contributed by atoms with Gasteiger partial charge in [-0.3, -0.25) is 19.5 Å². The third-order valence-corrected chi connectivity index (χ3v) is 9.14. The number of carboxylic acid groups (broad SMARTS) is 1. The molecule has 4 aliphatic rings. The summed E-state index contributed by atoms with van der Waals surface area (Å²) in [6, 6.07) is 3.74. The van der Waals surface area contributed by atoms with E-state index in [1.54, 1.807) is 20.0 Å². The molecule has 0 aromatic heterocycles. The molecule has 10 nitrogen and oxygen atoms in total. The highest BCUT2D eigenvalue weighted by atomic mass is 19.3. The Kier molecular flexibility index (Phi) is 8.88. The molecule has 1 amide bonds. The van der Waals surface area contributed by atoms with Crippen LogP contribution in [0.4, 0.5) is 14.5 Å². The van der Waals surface area contributed by atoms with Crippen molar-refractivity contribution in [1.82, 2.24) is 20.1 Å². The van der Waals surface area contributed by atoms with Crippen molar-refractivity contribution in [1.29, 1.82) is 5.41 Å². The van der Waals surface area contributed by atoms with E-state index in [9.17, 15) is 23.5 Å². The summed E-state index contributed by atoms with van der Waals surface area (Å²) in [5.41, 5.74) is 2.18. The number of amides is 1. The second kappa shape index (κ2) is 12.4. The first-order valence-corrected chi connectivity index (χ1v) is 14.7. The molecule has 2 saturated heterocycles. The molecular weight excluding hydrogens is 532 g/mol. The molecule has 3 N–H and O–H groups in total. The molecule has 0 spiro atoms. The van der Waals surface area contributed by atoms with Crippen molar-refractivity contribution in [3.63, 3.8) is 0 Å². The van der Waals surface area contributed by atoms with Gasteiger partial charge in [0.05, 0.1) is 18.5 Å². The van der Waals surface area contributed by atoms with Crippen LogP contribution in [0.5, 0.6) is 0 Å². The van der Waals surface area contributed by atoms with Crippen LogP contribution in [0.2, 0.25) is 0 Å². The fourth-order valence-electron chi connectivity index (χ4n) is 7.10. The van der Waals surface area contributed by atoms with Crippen molar-refractivity contribution < 1.29 is 23.5 Å². The third kappa shape index (κ3) is 5.94. The molecule has 4 aliphatic heterocycles. The Morgan fingerprint density at radius 2 is 1.93 bits per heavy atom. The Labute approximate surface area is 239 Å². The molecule has 3 atom stereocenters. The van der Waals surface area contributed by atoms with Gasteiger partial charge in [0.15, 0.2) is 0 Å². The maximum atomic E-state index is 14.4. The van der Waals surface area contributed by atoms with Crippen LogP contribution in [0.1, 0.15) is 61.6 Å². The fourth-order valence-corrected chi connectivity index (χ4v) is 7.10. The number of alkyl halides is 2. The summed E-state index contributed by atoms with van der Waals surface area (Å²) in [6.45, 7) is 5.24. The van der Waals surface area contributed by atoms with Crippen LogP contribution in [-0.2, 0) is 16.0 Å². The molecule has 12 heteroatoms. The number of aliphatic carboxylic acids is 1. The molecule has 1 aromatic carbocycles. The molecule has 0 aliphatic carbocycles. The fraction of sp³-hybridized carbons (Fsp3) is 0.655. The molecule has 2 fully saturated rings. The van der Waals surface area contributed by atoms with Crippen molar-refractivity contribution in [2.75, 3.05) is 57.8 Å². The first kappa shape index (κ1) is 29.4. The first-order valence-electron chi connectivity index (χ1n) is 14.7. The number of hydrazone groups is 1. The lowest BCUT2D eigenvalue weighted by Crippen LogP contribution is -2.54. The van der Waals surface area contributed by atoms with Gasteiger partial charge in [-0.2, -0.15) is 5.10 Å². The van der Waals surface area contributed by atoms with Crippen LogP contribution >= 0.6 is 0 Å². The number of nitrogens with one attached hydrogen (secondary N) is 2. The van der Waals surface area contributed by atoms with Crippen molar-refractivity contribution in [3.05, 3.63) is 28.8 Å². The lowest BCUT2D eigenvalue weighted by Gasteiger charge is -2.43. The number of likely N-dealkylation sites (tertiary alicyclic amines) is 2. The van der Waals surface area contributed by atoms with Crippen LogP contribution in [0.25, 0.3) is 0 Å². The first-order chi connectivity index (χ1) is 19.7. The molecule has 224 valence electrons. The number of carbonyl (C=O) groups is 2. The van der Waals surface area contributed by atoms with E-state index < -0.39 is 18.3 Å². The zero-order valence-corrected chi connectivity index (χ0v) is 23.9.